The summed E-state index contributed by atoms with van der Waals surface area (Å²) in [5, 5.41) is 11.6. The number of nitrogens with zero attached hydrogens (tertiary/aromatic N) is 3. The Labute approximate surface area is 181 Å². The molecule has 1 N–H and O–H groups in total. The van der Waals surface area contributed by atoms with Crippen LogP contribution >= 0.6 is 23.1 Å². The Hall–Kier alpha value is -2.72. The van der Waals surface area contributed by atoms with Gasteiger partial charge in [-0.1, -0.05) is 17.8 Å². The molecule has 3 heterocycles. The summed E-state index contributed by atoms with van der Waals surface area (Å²) in [6.45, 7) is 2.07. The van der Waals surface area contributed by atoms with Crippen molar-refractivity contribution in [1.29, 1.82) is 0 Å². The highest BCUT2D eigenvalue weighted by molar-refractivity contribution is 7.99. The van der Waals surface area contributed by atoms with Crippen LogP contribution in [-0.2, 0) is 22.4 Å². The van der Waals surface area contributed by atoms with E-state index in [-0.39, 0.29) is 22.9 Å². The predicted octanol–water partition coefficient (Wildman–Crippen LogP) is 3.98. The molecule has 0 aliphatic heterocycles. The van der Waals surface area contributed by atoms with Crippen molar-refractivity contribution in [2.75, 3.05) is 17.7 Å². The van der Waals surface area contributed by atoms with Crippen LogP contribution in [0.25, 0.3) is 11.6 Å². The van der Waals surface area contributed by atoms with Crippen molar-refractivity contribution in [3.05, 3.63) is 40.4 Å². The SMILES string of the molecule is CCOC(=O)c1c(NC(=O)CSc2nnc(-c3ccccn3)o2)sc2c1CCCC2. The second kappa shape index (κ2) is 9.40. The van der Waals surface area contributed by atoms with E-state index in [4.69, 9.17) is 9.15 Å². The monoisotopic (exact) mass is 444 g/mol. The Morgan fingerprint density at radius 1 is 1.27 bits per heavy atom. The largest absolute Gasteiger partial charge is 0.462 e. The number of aromatic nitrogens is 3. The minimum absolute atomic E-state index is 0.0781. The summed E-state index contributed by atoms with van der Waals surface area (Å²) < 4.78 is 10.8. The van der Waals surface area contributed by atoms with Gasteiger partial charge in [-0.05, 0) is 50.3 Å². The first-order chi connectivity index (χ1) is 14.7. The molecule has 1 aliphatic rings. The summed E-state index contributed by atoms with van der Waals surface area (Å²) in [7, 11) is 0. The number of hydrogen-bond donors (Lipinski definition) is 1. The molecule has 3 aromatic heterocycles. The molecule has 10 heteroatoms. The quantitative estimate of drug-likeness (QED) is 0.431. The Balaban J connectivity index is 1.43. The van der Waals surface area contributed by atoms with E-state index >= 15 is 0 Å². The fraction of sp³-hybridized carbons (Fsp3) is 0.350. The molecule has 0 saturated carbocycles. The van der Waals surface area contributed by atoms with Gasteiger partial charge in [0.25, 0.3) is 11.1 Å². The van der Waals surface area contributed by atoms with E-state index in [2.05, 4.69) is 20.5 Å². The molecule has 0 fully saturated rings. The first-order valence-corrected chi connectivity index (χ1v) is 11.4. The van der Waals surface area contributed by atoms with Gasteiger partial charge >= 0.3 is 5.97 Å². The number of nitrogens with one attached hydrogen (secondary N) is 1. The number of carbonyl (C=O) groups excluding carboxylic acids is 2. The fourth-order valence-electron chi connectivity index (χ4n) is 3.22. The maximum Gasteiger partial charge on any atom is 0.341 e. The van der Waals surface area contributed by atoms with E-state index in [1.807, 2.05) is 6.07 Å². The number of aryl methyl sites for hydroxylation is 1. The molecule has 4 rings (SSSR count). The van der Waals surface area contributed by atoms with E-state index < -0.39 is 0 Å². The normalized spacial score (nSPS) is 13.0. The third-order valence-electron chi connectivity index (χ3n) is 4.52. The lowest BCUT2D eigenvalue weighted by molar-refractivity contribution is -0.113. The summed E-state index contributed by atoms with van der Waals surface area (Å²) in [5.41, 5.74) is 2.10. The summed E-state index contributed by atoms with van der Waals surface area (Å²) >= 11 is 2.60. The molecule has 30 heavy (non-hydrogen) atoms. The molecule has 0 unspecified atom stereocenters. The molecular weight excluding hydrogens is 424 g/mol. The second-order valence-corrected chi connectivity index (χ2v) is 8.59. The van der Waals surface area contributed by atoms with Crippen molar-refractivity contribution >= 4 is 40.0 Å². The number of pyridine rings is 1. The van der Waals surface area contributed by atoms with Gasteiger partial charge in [-0.2, -0.15) is 0 Å². The standard InChI is InChI=1S/C20H20N4O4S2/c1-2-27-19(26)16-12-7-3-4-9-14(12)30-18(16)22-15(25)11-29-20-24-23-17(28-20)13-8-5-6-10-21-13/h5-6,8,10H,2-4,7,9,11H2,1H3,(H,22,25). The Kier molecular flexibility index (Phi) is 6.44. The van der Waals surface area contributed by atoms with Crippen LogP contribution in [0, 0.1) is 0 Å². The van der Waals surface area contributed by atoms with Crippen molar-refractivity contribution in [2.24, 2.45) is 0 Å². The zero-order valence-electron chi connectivity index (χ0n) is 16.3. The Bertz CT molecular complexity index is 1050. The molecule has 0 saturated heterocycles. The number of thiophene rings is 1. The van der Waals surface area contributed by atoms with Gasteiger partial charge in [-0.25, -0.2) is 4.79 Å². The highest BCUT2D eigenvalue weighted by Crippen LogP contribution is 2.38. The van der Waals surface area contributed by atoms with Crippen LogP contribution in [0.2, 0.25) is 0 Å². The van der Waals surface area contributed by atoms with Gasteiger partial charge in [0.05, 0.1) is 17.9 Å². The van der Waals surface area contributed by atoms with Crippen LogP contribution < -0.4 is 5.32 Å². The number of rotatable bonds is 7. The number of carbonyl (C=O) groups is 2. The van der Waals surface area contributed by atoms with E-state index in [1.54, 1.807) is 25.3 Å². The maximum absolute atomic E-state index is 12.5. The van der Waals surface area contributed by atoms with Gasteiger partial charge in [0, 0.05) is 11.1 Å². The van der Waals surface area contributed by atoms with Gasteiger partial charge in [-0.3, -0.25) is 9.78 Å². The molecule has 3 aromatic rings. The molecule has 156 valence electrons. The molecule has 1 amide bonds. The van der Waals surface area contributed by atoms with Crippen molar-refractivity contribution in [1.82, 2.24) is 15.2 Å². The minimum atomic E-state index is -0.378. The summed E-state index contributed by atoms with van der Waals surface area (Å²) in [5.74, 6) is -0.248. The third kappa shape index (κ3) is 4.54. The lowest BCUT2D eigenvalue weighted by Gasteiger charge is -2.12. The van der Waals surface area contributed by atoms with Crippen molar-refractivity contribution < 1.29 is 18.7 Å². The van der Waals surface area contributed by atoms with Gasteiger partial charge in [0.2, 0.25) is 5.91 Å². The van der Waals surface area contributed by atoms with Gasteiger partial charge in [-0.15, -0.1) is 21.5 Å². The second-order valence-electron chi connectivity index (χ2n) is 6.56. The van der Waals surface area contributed by atoms with Crippen molar-refractivity contribution in [3.63, 3.8) is 0 Å². The Morgan fingerprint density at radius 3 is 2.93 bits per heavy atom. The van der Waals surface area contributed by atoms with Crippen LogP contribution in [0.3, 0.4) is 0 Å². The average Bonchev–Trinajstić information content (AvgIpc) is 3.37. The maximum atomic E-state index is 12.5. The minimum Gasteiger partial charge on any atom is -0.462 e. The van der Waals surface area contributed by atoms with E-state index in [0.717, 1.165) is 47.9 Å². The molecule has 1 aliphatic carbocycles. The smallest absolute Gasteiger partial charge is 0.341 e. The number of anilines is 1. The number of fused-ring (bicyclic) bond motifs is 1. The van der Waals surface area contributed by atoms with Gasteiger partial charge < -0.3 is 14.5 Å². The van der Waals surface area contributed by atoms with Crippen LogP contribution in [0.5, 0.6) is 0 Å². The molecule has 8 nitrogen and oxygen atoms in total. The molecular formula is C20H20N4O4S2. The third-order valence-corrected chi connectivity index (χ3v) is 6.55. The summed E-state index contributed by atoms with van der Waals surface area (Å²) in [6.07, 6.45) is 5.53. The molecule has 0 spiro atoms. The van der Waals surface area contributed by atoms with E-state index in [9.17, 15) is 9.59 Å². The lowest BCUT2D eigenvalue weighted by Crippen LogP contribution is -2.17. The molecule has 0 aromatic carbocycles. The molecule has 0 bridgehead atoms. The number of esters is 1. The number of amides is 1. The number of ether oxygens (including phenoxy) is 1. The zero-order chi connectivity index (χ0) is 20.9. The first-order valence-electron chi connectivity index (χ1n) is 9.65. The van der Waals surface area contributed by atoms with Crippen LogP contribution in [0.1, 0.15) is 40.6 Å². The first kappa shape index (κ1) is 20.5. The van der Waals surface area contributed by atoms with Gasteiger partial charge in [0.15, 0.2) is 0 Å². The predicted molar refractivity (Wildman–Crippen MR) is 114 cm³/mol. The van der Waals surface area contributed by atoms with Gasteiger partial charge in [0.1, 0.15) is 10.7 Å². The highest BCUT2D eigenvalue weighted by Gasteiger charge is 2.27. The number of hydrogen-bond acceptors (Lipinski definition) is 9. The van der Waals surface area contributed by atoms with Crippen LogP contribution in [0.4, 0.5) is 5.00 Å². The topological polar surface area (TPSA) is 107 Å². The average molecular weight is 445 g/mol. The van der Waals surface area contributed by atoms with Crippen molar-refractivity contribution in [3.8, 4) is 11.6 Å². The number of thioether (sulfide) groups is 1. The van der Waals surface area contributed by atoms with Crippen molar-refractivity contribution in [2.45, 2.75) is 37.8 Å². The molecule has 0 atom stereocenters. The fourth-order valence-corrected chi connectivity index (χ4v) is 5.08. The lowest BCUT2D eigenvalue weighted by atomic mass is 9.95. The van der Waals surface area contributed by atoms with Crippen LogP contribution in [0.15, 0.2) is 34.0 Å². The summed E-state index contributed by atoms with van der Waals surface area (Å²) in [4.78, 5) is 30.3. The molecule has 0 radical (unpaired) electrons. The van der Waals surface area contributed by atoms with E-state index in [0.29, 0.717) is 28.8 Å². The van der Waals surface area contributed by atoms with E-state index in [1.165, 1.54) is 11.3 Å². The highest BCUT2D eigenvalue weighted by atomic mass is 32.2. The van der Waals surface area contributed by atoms with Crippen LogP contribution in [-0.4, -0.2) is 39.4 Å². The summed E-state index contributed by atoms with van der Waals surface area (Å²) in [6, 6.07) is 5.39. The zero-order valence-corrected chi connectivity index (χ0v) is 18.0. The Morgan fingerprint density at radius 2 is 2.13 bits per heavy atom.